The third-order valence-electron chi connectivity index (χ3n) is 2.49. The number of hydrogen-bond donors (Lipinski definition) is 0. The van der Waals surface area contributed by atoms with E-state index in [1.165, 1.54) is 12.1 Å². The Bertz CT molecular complexity index is 549. The van der Waals surface area contributed by atoms with Crippen LogP contribution in [0.15, 0.2) is 53.4 Å². The number of halogens is 3. The van der Waals surface area contributed by atoms with Gasteiger partial charge in [-0.3, -0.25) is 0 Å². The number of thioether (sulfide) groups is 1. The first-order valence-electron chi connectivity index (χ1n) is 5.48. The third-order valence-corrected chi connectivity index (χ3v) is 3.22. The van der Waals surface area contributed by atoms with Gasteiger partial charge in [-0.1, -0.05) is 24.3 Å². The molecule has 0 heterocycles. The van der Waals surface area contributed by atoms with Crippen molar-refractivity contribution in [1.29, 1.82) is 0 Å². The topological polar surface area (TPSA) is 9.23 Å². The lowest BCUT2D eigenvalue weighted by molar-refractivity contribution is -0.274. The Labute approximate surface area is 113 Å². The SMILES string of the molecule is CSc1cccc(-c2ccc(OC(F)(F)F)cc2)c1. The Balaban J connectivity index is 2.22. The largest absolute Gasteiger partial charge is 0.573 e. The van der Waals surface area contributed by atoms with Gasteiger partial charge in [-0.2, -0.15) is 0 Å². The zero-order valence-electron chi connectivity index (χ0n) is 10.1. The van der Waals surface area contributed by atoms with E-state index in [2.05, 4.69) is 4.74 Å². The van der Waals surface area contributed by atoms with Gasteiger partial charge < -0.3 is 4.74 Å². The van der Waals surface area contributed by atoms with Crippen LogP contribution in [0.1, 0.15) is 0 Å². The maximum Gasteiger partial charge on any atom is 0.573 e. The van der Waals surface area contributed by atoms with Crippen molar-refractivity contribution >= 4 is 11.8 Å². The van der Waals surface area contributed by atoms with Gasteiger partial charge >= 0.3 is 6.36 Å². The number of alkyl halides is 3. The highest BCUT2D eigenvalue weighted by molar-refractivity contribution is 7.98. The van der Waals surface area contributed by atoms with Crippen LogP contribution < -0.4 is 4.74 Å². The van der Waals surface area contributed by atoms with Crippen molar-refractivity contribution in [3.05, 3.63) is 48.5 Å². The highest BCUT2D eigenvalue weighted by Crippen LogP contribution is 2.28. The van der Waals surface area contributed by atoms with Gasteiger partial charge in [0.25, 0.3) is 0 Å². The predicted molar refractivity (Wildman–Crippen MR) is 70.3 cm³/mol. The molecule has 0 bridgehead atoms. The fraction of sp³-hybridized carbons (Fsp3) is 0.143. The van der Waals surface area contributed by atoms with Crippen molar-refractivity contribution in [3.8, 4) is 16.9 Å². The third kappa shape index (κ3) is 3.92. The van der Waals surface area contributed by atoms with Crippen LogP contribution in [0.4, 0.5) is 13.2 Å². The lowest BCUT2D eigenvalue weighted by atomic mass is 10.1. The molecule has 0 N–H and O–H groups in total. The molecular weight excluding hydrogens is 273 g/mol. The average Bonchev–Trinajstić information content (AvgIpc) is 2.38. The molecule has 0 fully saturated rings. The van der Waals surface area contributed by atoms with Crippen LogP contribution in [0.25, 0.3) is 11.1 Å². The van der Waals surface area contributed by atoms with Gasteiger partial charge in [-0.25, -0.2) is 0 Å². The van der Waals surface area contributed by atoms with Crippen LogP contribution in [-0.4, -0.2) is 12.6 Å². The van der Waals surface area contributed by atoms with E-state index in [1.807, 2.05) is 30.5 Å². The molecule has 0 aliphatic carbocycles. The molecule has 0 spiro atoms. The lowest BCUT2D eigenvalue weighted by Crippen LogP contribution is -2.16. The molecule has 19 heavy (non-hydrogen) atoms. The van der Waals surface area contributed by atoms with Gasteiger partial charge in [0.05, 0.1) is 0 Å². The predicted octanol–water partition coefficient (Wildman–Crippen LogP) is 4.97. The Kier molecular flexibility index (Phi) is 4.04. The molecule has 0 aliphatic heterocycles. The average molecular weight is 284 g/mol. The number of benzene rings is 2. The van der Waals surface area contributed by atoms with E-state index in [-0.39, 0.29) is 5.75 Å². The molecule has 0 aliphatic rings. The van der Waals surface area contributed by atoms with E-state index in [4.69, 9.17) is 0 Å². The number of ether oxygens (including phenoxy) is 1. The van der Waals surface area contributed by atoms with E-state index in [1.54, 1.807) is 23.9 Å². The first kappa shape index (κ1) is 13.8. The monoisotopic (exact) mass is 284 g/mol. The zero-order chi connectivity index (χ0) is 13.9. The van der Waals surface area contributed by atoms with Crippen LogP contribution in [0.3, 0.4) is 0 Å². The molecule has 0 atom stereocenters. The molecule has 1 nitrogen and oxygen atoms in total. The minimum Gasteiger partial charge on any atom is -0.406 e. The van der Waals surface area contributed by atoms with Crippen LogP contribution >= 0.6 is 11.8 Å². The summed E-state index contributed by atoms with van der Waals surface area (Å²) in [6.07, 6.45) is -2.68. The summed E-state index contributed by atoms with van der Waals surface area (Å²) in [5.41, 5.74) is 1.82. The van der Waals surface area contributed by atoms with Crippen molar-refractivity contribution in [2.45, 2.75) is 11.3 Å². The molecule has 2 aromatic rings. The summed E-state index contributed by atoms with van der Waals surface area (Å²) in [5.74, 6) is -0.211. The van der Waals surface area contributed by atoms with Crippen LogP contribution in [0.2, 0.25) is 0 Å². The molecule has 2 aromatic carbocycles. The van der Waals surface area contributed by atoms with E-state index < -0.39 is 6.36 Å². The molecule has 0 saturated heterocycles. The summed E-state index contributed by atoms with van der Waals surface area (Å²) in [5, 5.41) is 0. The van der Waals surface area contributed by atoms with Gasteiger partial charge in [0.15, 0.2) is 0 Å². The Morgan fingerprint density at radius 2 is 1.63 bits per heavy atom. The molecule has 0 aromatic heterocycles. The standard InChI is InChI=1S/C14H11F3OS/c1-19-13-4-2-3-11(9-13)10-5-7-12(8-6-10)18-14(15,16)17/h2-9H,1H3. The summed E-state index contributed by atoms with van der Waals surface area (Å²) in [4.78, 5) is 1.10. The maximum absolute atomic E-state index is 12.0. The first-order valence-corrected chi connectivity index (χ1v) is 6.71. The van der Waals surface area contributed by atoms with E-state index in [9.17, 15) is 13.2 Å². The Morgan fingerprint density at radius 1 is 0.947 bits per heavy atom. The second-order valence-electron chi connectivity index (χ2n) is 3.80. The second kappa shape index (κ2) is 5.57. The highest BCUT2D eigenvalue weighted by Gasteiger charge is 2.30. The van der Waals surface area contributed by atoms with E-state index in [0.717, 1.165) is 16.0 Å². The van der Waals surface area contributed by atoms with Crippen molar-refractivity contribution in [1.82, 2.24) is 0 Å². The van der Waals surface area contributed by atoms with Crippen molar-refractivity contribution in [2.24, 2.45) is 0 Å². The maximum atomic E-state index is 12.0. The highest BCUT2D eigenvalue weighted by atomic mass is 32.2. The lowest BCUT2D eigenvalue weighted by Gasteiger charge is -2.09. The summed E-state index contributed by atoms with van der Waals surface area (Å²) in [6.45, 7) is 0. The smallest absolute Gasteiger partial charge is 0.406 e. The Morgan fingerprint density at radius 3 is 2.21 bits per heavy atom. The molecular formula is C14H11F3OS. The second-order valence-corrected chi connectivity index (χ2v) is 4.68. The summed E-state index contributed by atoms with van der Waals surface area (Å²) in [7, 11) is 0. The fourth-order valence-corrected chi connectivity index (χ4v) is 2.11. The molecule has 0 amide bonds. The summed E-state index contributed by atoms with van der Waals surface area (Å²) >= 11 is 1.62. The minimum atomic E-state index is -4.65. The minimum absolute atomic E-state index is 0.211. The quantitative estimate of drug-likeness (QED) is 0.736. The van der Waals surface area contributed by atoms with E-state index in [0.29, 0.717) is 0 Å². The zero-order valence-corrected chi connectivity index (χ0v) is 10.9. The fourth-order valence-electron chi connectivity index (χ4n) is 1.65. The molecule has 0 radical (unpaired) electrons. The molecule has 5 heteroatoms. The van der Waals surface area contributed by atoms with Gasteiger partial charge in [-0.05, 0) is 41.6 Å². The van der Waals surface area contributed by atoms with Gasteiger partial charge in [0, 0.05) is 4.90 Å². The van der Waals surface area contributed by atoms with Gasteiger partial charge in [0.2, 0.25) is 0 Å². The van der Waals surface area contributed by atoms with Crippen molar-refractivity contribution in [3.63, 3.8) is 0 Å². The van der Waals surface area contributed by atoms with Crippen molar-refractivity contribution < 1.29 is 17.9 Å². The normalized spacial score (nSPS) is 11.4. The van der Waals surface area contributed by atoms with Crippen LogP contribution in [0.5, 0.6) is 5.75 Å². The molecule has 2 rings (SSSR count). The van der Waals surface area contributed by atoms with Crippen LogP contribution in [-0.2, 0) is 0 Å². The van der Waals surface area contributed by atoms with Gasteiger partial charge in [0.1, 0.15) is 5.75 Å². The summed E-state index contributed by atoms with van der Waals surface area (Å²) < 4.78 is 39.9. The van der Waals surface area contributed by atoms with Gasteiger partial charge in [-0.15, -0.1) is 24.9 Å². The van der Waals surface area contributed by atoms with Crippen LogP contribution in [0, 0.1) is 0 Å². The van der Waals surface area contributed by atoms with Crippen molar-refractivity contribution in [2.75, 3.05) is 6.26 Å². The first-order chi connectivity index (χ1) is 8.98. The summed E-state index contributed by atoms with van der Waals surface area (Å²) in [6, 6.07) is 13.7. The molecule has 0 saturated carbocycles. The molecule has 0 unspecified atom stereocenters. The molecule has 100 valence electrons. The number of hydrogen-bond acceptors (Lipinski definition) is 2. The number of rotatable bonds is 3. The van der Waals surface area contributed by atoms with E-state index >= 15 is 0 Å². The Hall–Kier alpha value is -1.62.